The summed E-state index contributed by atoms with van der Waals surface area (Å²) in [5.41, 5.74) is 4.65. The van der Waals surface area contributed by atoms with Gasteiger partial charge in [0, 0.05) is 12.0 Å². The summed E-state index contributed by atoms with van der Waals surface area (Å²) in [6.07, 6.45) is 2.34. The number of nitrogens with zero attached hydrogens (tertiary/aromatic N) is 1. The number of ether oxygens (including phenoxy) is 3. The molecule has 33 heavy (non-hydrogen) atoms. The molecule has 0 aliphatic heterocycles. The van der Waals surface area contributed by atoms with Crippen molar-refractivity contribution in [3.05, 3.63) is 76.4 Å². The van der Waals surface area contributed by atoms with Crippen LogP contribution in [0.25, 0.3) is 17.5 Å². The lowest BCUT2D eigenvalue weighted by atomic mass is 10.0. The molecular formula is C27H31NO5. The average Bonchev–Trinajstić information content (AvgIpc) is 3.16. The zero-order valence-corrected chi connectivity index (χ0v) is 19.9. The second-order valence-electron chi connectivity index (χ2n) is 7.63. The average molecular weight is 450 g/mol. The van der Waals surface area contributed by atoms with E-state index in [4.69, 9.17) is 18.6 Å². The number of hydrogen-bond acceptors (Lipinski definition) is 6. The molecular weight excluding hydrogens is 418 g/mol. The standard InChI is InChI=1S/C27H31NO5/c1-6-30-24(27(29)31-7-2)17-21-15-18(3)25(19(4)16-21)32-14-13-23-20(5)33-26(28-23)22-11-9-8-10-12-22/h8-12,15-17H,6-7,13-14H2,1-5H3. The highest BCUT2D eigenvalue weighted by molar-refractivity contribution is 5.91. The fourth-order valence-corrected chi connectivity index (χ4v) is 3.58. The van der Waals surface area contributed by atoms with Crippen LogP contribution in [0.3, 0.4) is 0 Å². The number of benzene rings is 2. The Kier molecular flexibility index (Phi) is 8.30. The van der Waals surface area contributed by atoms with Crippen LogP contribution in [0.1, 0.15) is 42.0 Å². The van der Waals surface area contributed by atoms with Gasteiger partial charge in [-0.2, -0.15) is 0 Å². The Labute approximate surface area is 195 Å². The highest BCUT2D eigenvalue weighted by Crippen LogP contribution is 2.27. The van der Waals surface area contributed by atoms with Gasteiger partial charge in [0.15, 0.2) is 0 Å². The van der Waals surface area contributed by atoms with E-state index in [2.05, 4.69) is 4.98 Å². The lowest BCUT2D eigenvalue weighted by Crippen LogP contribution is -2.10. The summed E-state index contributed by atoms with van der Waals surface area (Å²) < 4.78 is 22.5. The van der Waals surface area contributed by atoms with Gasteiger partial charge in [-0.25, -0.2) is 9.78 Å². The smallest absolute Gasteiger partial charge is 0.373 e. The molecule has 0 fully saturated rings. The summed E-state index contributed by atoms with van der Waals surface area (Å²) >= 11 is 0. The summed E-state index contributed by atoms with van der Waals surface area (Å²) in [4.78, 5) is 16.8. The van der Waals surface area contributed by atoms with E-state index < -0.39 is 5.97 Å². The van der Waals surface area contributed by atoms with Crippen molar-refractivity contribution in [1.82, 2.24) is 4.98 Å². The molecule has 0 bridgehead atoms. The highest BCUT2D eigenvalue weighted by Gasteiger charge is 2.15. The van der Waals surface area contributed by atoms with Gasteiger partial charge >= 0.3 is 5.97 Å². The van der Waals surface area contributed by atoms with E-state index >= 15 is 0 Å². The van der Waals surface area contributed by atoms with Crippen molar-refractivity contribution >= 4 is 12.0 Å². The number of rotatable bonds is 10. The van der Waals surface area contributed by atoms with E-state index in [9.17, 15) is 4.79 Å². The van der Waals surface area contributed by atoms with Crippen molar-refractivity contribution in [2.24, 2.45) is 0 Å². The summed E-state index contributed by atoms with van der Waals surface area (Å²) in [5.74, 6) is 1.98. The van der Waals surface area contributed by atoms with E-state index in [1.165, 1.54) is 0 Å². The van der Waals surface area contributed by atoms with Crippen LogP contribution in [0.2, 0.25) is 0 Å². The molecule has 3 rings (SSSR count). The van der Waals surface area contributed by atoms with E-state index in [1.807, 2.05) is 70.2 Å². The molecule has 0 amide bonds. The van der Waals surface area contributed by atoms with Gasteiger partial charge in [-0.1, -0.05) is 18.2 Å². The molecule has 6 heteroatoms. The second-order valence-corrected chi connectivity index (χ2v) is 7.63. The summed E-state index contributed by atoms with van der Waals surface area (Å²) in [7, 11) is 0. The molecule has 1 heterocycles. The normalized spacial score (nSPS) is 11.4. The van der Waals surface area contributed by atoms with E-state index in [-0.39, 0.29) is 5.76 Å². The Morgan fingerprint density at radius 2 is 1.67 bits per heavy atom. The van der Waals surface area contributed by atoms with Gasteiger partial charge in [0.25, 0.3) is 0 Å². The Balaban J connectivity index is 1.70. The molecule has 1 aromatic heterocycles. The number of oxazole rings is 1. The molecule has 0 unspecified atom stereocenters. The zero-order valence-electron chi connectivity index (χ0n) is 19.9. The first kappa shape index (κ1) is 24.1. The third-order valence-corrected chi connectivity index (χ3v) is 5.06. The molecule has 0 atom stereocenters. The monoisotopic (exact) mass is 449 g/mol. The number of esters is 1. The van der Waals surface area contributed by atoms with Gasteiger partial charge in [-0.05, 0) is 81.7 Å². The highest BCUT2D eigenvalue weighted by atomic mass is 16.6. The predicted molar refractivity (Wildman–Crippen MR) is 128 cm³/mol. The molecule has 3 aromatic rings. The van der Waals surface area contributed by atoms with Crippen LogP contribution in [-0.4, -0.2) is 30.8 Å². The first-order valence-corrected chi connectivity index (χ1v) is 11.2. The van der Waals surface area contributed by atoms with Crippen LogP contribution >= 0.6 is 0 Å². The Morgan fingerprint density at radius 3 is 2.30 bits per heavy atom. The summed E-state index contributed by atoms with van der Waals surface area (Å²) in [5, 5.41) is 0. The number of aryl methyl sites for hydroxylation is 3. The molecule has 0 saturated heterocycles. The molecule has 6 nitrogen and oxygen atoms in total. The molecule has 0 saturated carbocycles. The Bertz CT molecular complexity index is 1090. The van der Waals surface area contributed by atoms with E-state index in [0.717, 1.165) is 39.5 Å². The first-order chi connectivity index (χ1) is 15.9. The van der Waals surface area contributed by atoms with E-state index in [0.29, 0.717) is 32.1 Å². The minimum atomic E-state index is -0.465. The maximum absolute atomic E-state index is 12.1. The van der Waals surface area contributed by atoms with Crippen LogP contribution in [0.4, 0.5) is 0 Å². The lowest BCUT2D eigenvalue weighted by Gasteiger charge is -2.14. The maximum Gasteiger partial charge on any atom is 0.373 e. The molecule has 0 aliphatic rings. The van der Waals surface area contributed by atoms with Gasteiger partial charge in [0.1, 0.15) is 11.5 Å². The molecule has 0 aliphatic carbocycles. The summed E-state index contributed by atoms with van der Waals surface area (Å²) in [6, 6.07) is 13.8. The van der Waals surface area contributed by atoms with Crippen molar-refractivity contribution in [3.8, 4) is 17.2 Å². The van der Waals surface area contributed by atoms with Gasteiger partial charge in [-0.3, -0.25) is 0 Å². The molecule has 2 aromatic carbocycles. The Hall–Kier alpha value is -3.54. The lowest BCUT2D eigenvalue weighted by molar-refractivity contribution is -0.142. The third kappa shape index (κ3) is 6.25. The number of carbonyl (C=O) groups excluding carboxylic acids is 1. The molecule has 174 valence electrons. The van der Waals surface area contributed by atoms with Crippen LogP contribution in [-0.2, 0) is 20.7 Å². The van der Waals surface area contributed by atoms with Gasteiger partial charge in [0.05, 0.1) is 25.5 Å². The fourth-order valence-electron chi connectivity index (χ4n) is 3.58. The van der Waals surface area contributed by atoms with Gasteiger partial charge in [0.2, 0.25) is 11.6 Å². The molecule has 0 N–H and O–H groups in total. The number of carbonyl (C=O) groups is 1. The van der Waals surface area contributed by atoms with Gasteiger partial charge in [-0.15, -0.1) is 0 Å². The molecule has 0 radical (unpaired) electrons. The SMILES string of the molecule is CCOC(=O)C(=Cc1cc(C)c(OCCc2nc(-c3ccccc3)oc2C)c(C)c1)OCC. The van der Waals surface area contributed by atoms with Crippen molar-refractivity contribution in [2.45, 2.75) is 41.0 Å². The molecule has 0 spiro atoms. The number of hydrogen-bond donors (Lipinski definition) is 0. The van der Waals surface area contributed by atoms with Crippen LogP contribution in [0.15, 0.2) is 52.6 Å². The predicted octanol–water partition coefficient (Wildman–Crippen LogP) is 5.83. The fraction of sp³-hybridized carbons (Fsp3) is 0.333. The zero-order chi connectivity index (χ0) is 23.8. The quantitative estimate of drug-likeness (QED) is 0.220. The maximum atomic E-state index is 12.1. The minimum absolute atomic E-state index is 0.197. The van der Waals surface area contributed by atoms with E-state index in [1.54, 1.807) is 13.0 Å². The van der Waals surface area contributed by atoms with Crippen LogP contribution in [0, 0.1) is 20.8 Å². The third-order valence-electron chi connectivity index (χ3n) is 5.06. The number of aromatic nitrogens is 1. The topological polar surface area (TPSA) is 70.8 Å². The van der Waals surface area contributed by atoms with Crippen molar-refractivity contribution in [2.75, 3.05) is 19.8 Å². The minimum Gasteiger partial charge on any atom is -0.493 e. The van der Waals surface area contributed by atoms with Crippen molar-refractivity contribution in [1.29, 1.82) is 0 Å². The van der Waals surface area contributed by atoms with Crippen molar-refractivity contribution in [3.63, 3.8) is 0 Å². The Morgan fingerprint density at radius 1 is 1.00 bits per heavy atom. The van der Waals surface area contributed by atoms with Crippen LogP contribution in [0.5, 0.6) is 5.75 Å². The largest absolute Gasteiger partial charge is 0.493 e. The van der Waals surface area contributed by atoms with Crippen LogP contribution < -0.4 is 4.74 Å². The van der Waals surface area contributed by atoms with Crippen molar-refractivity contribution < 1.29 is 23.4 Å². The summed E-state index contributed by atoms with van der Waals surface area (Å²) in [6.45, 7) is 10.7. The van der Waals surface area contributed by atoms with Gasteiger partial charge < -0.3 is 18.6 Å². The second kappa shape index (κ2) is 11.4. The first-order valence-electron chi connectivity index (χ1n) is 11.2.